The molecule has 0 aliphatic rings. The number of hydrogen-bond acceptors (Lipinski definition) is 4. The predicted octanol–water partition coefficient (Wildman–Crippen LogP) is 4.17. The number of amides is 1. The van der Waals surface area contributed by atoms with Gasteiger partial charge >= 0.3 is 0 Å². The number of aryl methyl sites for hydroxylation is 1. The maximum Gasteiger partial charge on any atom is 0.263 e. The maximum absolute atomic E-state index is 12.5. The Hall–Kier alpha value is -2.47. The summed E-state index contributed by atoms with van der Waals surface area (Å²) in [5, 5.41) is 8.59. The maximum atomic E-state index is 12.5. The predicted molar refractivity (Wildman–Crippen MR) is 105 cm³/mol. The minimum atomic E-state index is -0.0933. The molecule has 3 aromatic rings. The summed E-state index contributed by atoms with van der Waals surface area (Å²) in [6, 6.07) is 10.0. The van der Waals surface area contributed by atoms with Crippen LogP contribution >= 0.6 is 11.3 Å². The van der Waals surface area contributed by atoms with Crippen molar-refractivity contribution in [3.8, 4) is 5.69 Å². The summed E-state index contributed by atoms with van der Waals surface area (Å²) in [6.45, 7) is 10.7. The Morgan fingerprint density at radius 3 is 2.50 bits per heavy atom. The second kappa shape index (κ2) is 7.03. The Morgan fingerprint density at radius 1 is 1.19 bits per heavy atom. The minimum Gasteiger partial charge on any atom is -0.347 e. The number of nitrogens with one attached hydrogen (secondary N) is 1. The average Bonchev–Trinajstić information content (AvgIpc) is 3.20. The Labute approximate surface area is 158 Å². The average molecular weight is 369 g/mol. The van der Waals surface area contributed by atoms with Crippen LogP contribution in [-0.4, -0.2) is 20.7 Å². The summed E-state index contributed by atoms with van der Waals surface area (Å²) >= 11 is 1.45. The standard InChI is InChI=1S/C20H24N4OS/c1-13-16(14(2)24(23-13)15-9-7-6-8-10-15)11-21-18(25)17-12-22-19(26-17)20(3,4)5/h6-10,12H,11H2,1-5H3,(H,21,25). The Bertz CT molecular complexity index is 919. The van der Waals surface area contributed by atoms with E-state index in [0.29, 0.717) is 11.4 Å². The van der Waals surface area contributed by atoms with E-state index in [0.717, 1.165) is 27.6 Å². The monoisotopic (exact) mass is 368 g/mol. The molecule has 2 heterocycles. The van der Waals surface area contributed by atoms with E-state index < -0.39 is 0 Å². The van der Waals surface area contributed by atoms with Crippen molar-refractivity contribution in [3.05, 3.63) is 63.4 Å². The Morgan fingerprint density at radius 2 is 1.88 bits per heavy atom. The van der Waals surface area contributed by atoms with Crippen molar-refractivity contribution in [3.63, 3.8) is 0 Å². The molecule has 0 spiro atoms. The van der Waals surface area contributed by atoms with Gasteiger partial charge in [0.05, 0.1) is 22.6 Å². The molecule has 0 saturated heterocycles. The number of hydrogen-bond donors (Lipinski definition) is 1. The second-order valence-electron chi connectivity index (χ2n) is 7.36. The smallest absolute Gasteiger partial charge is 0.263 e. The van der Waals surface area contributed by atoms with Crippen LogP contribution in [-0.2, 0) is 12.0 Å². The van der Waals surface area contributed by atoms with Crippen molar-refractivity contribution >= 4 is 17.2 Å². The van der Waals surface area contributed by atoms with E-state index in [2.05, 4.69) is 36.2 Å². The Balaban J connectivity index is 1.75. The largest absolute Gasteiger partial charge is 0.347 e. The van der Waals surface area contributed by atoms with Crippen molar-refractivity contribution in [2.24, 2.45) is 0 Å². The number of aromatic nitrogens is 3. The van der Waals surface area contributed by atoms with E-state index in [4.69, 9.17) is 0 Å². The zero-order valence-corrected chi connectivity index (χ0v) is 16.6. The zero-order valence-electron chi connectivity index (χ0n) is 15.8. The lowest BCUT2D eigenvalue weighted by Crippen LogP contribution is -2.22. The topological polar surface area (TPSA) is 59.8 Å². The van der Waals surface area contributed by atoms with Gasteiger partial charge in [-0.15, -0.1) is 11.3 Å². The molecule has 5 nitrogen and oxygen atoms in total. The van der Waals surface area contributed by atoms with E-state index in [-0.39, 0.29) is 11.3 Å². The van der Waals surface area contributed by atoms with Gasteiger partial charge in [-0.2, -0.15) is 5.10 Å². The summed E-state index contributed by atoms with van der Waals surface area (Å²) in [6.07, 6.45) is 1.66. The summed E-state index contributed by atoms with van der Waals surface area (Å²) in [4.78, 5) is 17.5. The van der Waals surface area contributed by atoms with Crippen molar-refractivity contribution in [2.45, 2.75) is 46.6 Å². The van der Waals surface area contributed by atoms with Crippen LogP contribution < -0.4 is 5.32 Å². The zero-order chi connectivity index (χ0) is 18.9. The molecule has 0 atom stereocenters. The lowest BCUT2D eigenvalue weighted by atomic mass is 9.98. The lowest BCUT2D eigenvalue weighted by Gasteiger charge is -2.13. The molecule has 0 aliphatic carbocycles. The van der Waals surface area contributed by atoms with E-state index >= 15 is 0 Å². The number of rotatable bonds is 4. The first-order valence-corrected chi connectivity index (χ1v) is 9.44. The van der Waals surface area contributed by atoms with Gasteiger partial charge in [-0.1, -0.05) is 39.0 Å². The normalized spacial score (nSPS) is 11.6. The van der Waals surface area contributed by atoms with Gasteiger partial charge in [0.25, 0.3) is 5.91 Å². The highest BCUT2D eigenvalue weighted by Gasteiger charge is 2.21. The van der Waals surface area contributed by atoms with Crippen molar-refractivity contribution in [1.82, 2.24) is 20.1 Å². The van der Waals surface area contributed by atoms with Gasteiger partial charge in [0.2, 0.25) is 0 Å². The minimum absolute atomic E-state index is 0.0484. The van der Waals surface area contributed by atoms with Crippen molar-refractivity contribution in [2.75, 3.05) is 0 Å². The number of carbonyl (C=O) groups is 1. The summed E-state index contributed by atoms with van der Waals surface area (Å²) < 4.78 is 1.92. The fraction of sp³-hybridized carbons (Fsp3) is 0.350. The van der Waals surface area contributed by atoms with Crippen molar-refractivity contribution < 1.29 is 4.79 Å². The number of thiazole rings is 1. The van der Waals surface area contributed by atoms with Crippen LogP contribution in [0.3, 0.4) is 0 Å². The van der Waals surface area contributed by atoms with Crippen LogP contribution in [0.15, 0.2) is 36.5 Å². The van der Waals surface area contributed by atoms with Gasteiger partial charge in [0.15, 0.2) is 0 Å². The first-order chi connectivity index (χ1) is 12.3. The van der Waals surface area contributed by atoms with Crippen LogP contribution in [0.25, 0.3) is 5.69 Å². The molecular weight excluding hydrogens is 344 g/mol. The molecule has 0 unspecified atom stereocenters. The number of benzene rings is 1. The number of carbonyl (C=O) groups excluding carboxylic acids is 1. The van der Waals surface area contributed by atoms with Gasteiger partial charge in [0, 0.05) is 23.2 Å². The quantitative estimate of drug-likeness (QED) is 0.752. The first kappa shape index (κ1) is 18.3. The molecule has 0 radical (unpaired) electrons. The summed E-state index contributed by atoms with van der Waals surface area (Å²) in [5.74, 6) is -0.0933. The highest BCUT2D eigenvalue weighted by molar-refractivity contribution is 7.13. The van der Waals surface area contributed by atoms with E-state index in [9.17, 15) is 4.79 Å². The third kappa shape index (κ3) is 3.70. The van der Waals surface area contributed by atoms with Gasteiger partial charge in [-0.3, -0.25) is 4.79 Å². The molecule has 1 N–H and O–H groups in total. The molecule has 6 heteroatoms. The molecular formula is C20H24N4OS. The van der Waals surface area contributed by atoms with Gasteiger partial charge < -0.3 is 5.32 Å². The van der Waals surface area contributed by atoms with Crippen LogP contribution in [0.1, 0.15) is 52.4 Å². The lowest BCUT2D eigenvalue weighted by molar-refractivity contribution is 0.0954. The van der Waals surface area contributed by atoms with Crippen molar-refractivity contribution in [1.29, 1.82) is 0 Å². The SMILES string of the molecule is Cc1nn(-c2ccccc2)c(C)c1CNC(=O)c1cnc(C(C)(C)C)s1. The molecule has 26 heavy (non-hydrogen) atoms. The molecule has 2 aromatic heterocycles. The summed E-state index contributed by atoms with van der Waals surface area (Å²) in [5.41, 5.74) is 3.97. The fourth-order valence-corrected chi connectivity index (χ4v) is 3.62. The highest BCUT2D eigenvalue weighted by atomic mass is 32.1. The molecule has 0 fully saturated rings. The van der Waals surface area contributed by atoms with Crippen LogP contribution in [0.5, 0.6) is 0 Å². The third-order valence-corrected chi connectivity index (χ3v) is 5.66. The van der Waals surface area contributed by atoms with E-state index in [1.54, 1.807) is 6.20 Å². The molecule has 136 valence electrons. The molecule has 1 aromatic carbocycles. The van der Waals surface area contributed by atoms with E-state index in [1.807, 2.05) is 48.9 Å². The first-order valence-electron chi connectivity index (χ1n) is 8.62. The summed E-state index contributed by atoms with van der Waals surface area (Å²) in [7, 11) is 0. The third-order valence-electron chi connectivity index (χ3n) is 4.24. The van der Waals surface area contributed by atoms with E-state index in [1.165, 1.54) is 11.3 Å². The van der Waals surface area contributed by atoms with Crippen LogP contribution in [0.2, 0.25) is 0 Å². The highest BCUT2D eigenvalue weighted by Crippen LogP contribution is 2.26. The van der Waals surface area contributed by atoms with Gasteiger partial charge in [0.1, 0.15) is 4.88 Å². The van der Waals surface area contributed by atoms with Crippen LogP contribution in [0.4, 0.5) is 0 Å². The molecule has 1 amide bonds. The second-order valence-corrected chi connectivity index (χ2v) is 8.39. The van der Waals surface area contributed by atoms with Gasteiger partial charge in [-0.25, -0.2) is 9.67 Å². The Kier molecular flexibility index (Phi) is 4.96. The van der Waals surface area contributed by atoms with Gasteiger partial charge in [-0.05, 0) is 26.0 Å². The number of nitrogens with zero attached hydrogens (tertiary/aromatic N) is 3. The molecule has 0 saturated carbocycles. The van der Waals surface area contributed by atoms with Crippen LogP contribution in [0, 0.1) is 13.8 Å². The molecule has 3 rings (SSSR count). The fourth-order valence-electron chi connectivity index (χ4n) is 2.73. The molecule has 0 aliphatic heterocycles. The molecule has 0 bridgehead atoms. The number of para-hydroxylation sites is 1.